The summed E-state index contributed by atoms with van der Waals surface area (Å²) in [7, 11) is 0. The average Bonchev–Trinajstić information content (AvgIpc) is 3.01. The number of rotatable bonds is 3. The average molecular weight is 275 g/mol. The molecule has 1 saturated heterocycles. The van der Waals surface area contributed by atoms with Crippen LogP contribution in [0.15, 0.2) is 24.3 Å². The molecule has 0 aromatic heterocycles. The van der Waals surface area contributed by atoms with Gasteiger partial charge in [0.05, 0.1) is 11.0 Å². The van der Waals surface area contributed by atoms with E-state index in [4.69, 9.17) is 0 Å². The minimum atomic E-state index is -0.476. The van der Waals surface area contributed by atoms with E-state index >= 15 is 0 Å². The molecule has 20 heavy (non-hydrogen) atoms. The van der Waals surface area contributed by atoms with Gasteiger partial charge in [0.15, 0.2) is 0 Å². The molecule has 3 rings (SSSR count). The van der Waals surface area contributed by atoms with Crippen LogP contribution in [0.25, 0.3) is 0 Å². The van der Waals surface area contributed by atoms with Crippen molar-refractivity contribution in [2.45, 2.75) is 25.3 Å². The Labute approximate surface area is 116 Å². The van der Waals surface area contributed by atoms with E-state index in [0.29, 0.717) is 11.8 Å². The molecule has 2 N–H and O–H groups in total. The van der Waals surface area contributed by atoms with Gasteiger partial charge in [0.25, 0.3) is 5.69 Å². The van der Waals surface area contributed by atoms with E-state index in [1.165, 1.54) is 18.9 Å². The summed E-state index contributed by atoms with van der Waals surface area (Å²) in [6.07, 6.45) is 3.41. The van der Waals surface area contributed by atoms with Gasteiger partial charge in [-0.25, -0.2) is 0 Å². The van der Waals surface area contributed by atoms with Crippen molar-refractivity contribution in [3.63, 3.8) is 0 Å². The number of hydrogen-bond acceptors (Lipinski definition) is 4. The van der Waals surface area contributed by atoms with Crippen molar-refractivity contribution in [3.8, 4) is 0 Å². The normalized spacial score (nSPS) is 28.1. The van der Waals surface area contributed by atoms with E-state index in [1.54, 1.807) is 18.2 Å². The van der Waals surface area contributed by atoms with E-state index in [2.05, 4.69) is 10.6 Å². The number of para-hydroxylation sites is 2. The standard InChI is InChI=1S/C14H17N3O3/c18-14(13-10-5-3-4-9(10)8-15-13)16-11-6-1-2-7-12(11)17(19)20/h1-2,6-7,9-10,13,15H,3-5,8H2,(H,16,18). The van der Waals surface area contributed by atoms with E-state index in [1.807, 2.05) is 0 Å². The Kier molecular flexibility index (Phi) is 3.40. The number of carbonyl (C=O) groups excluding carboxylic acids is 1. The lowest BCUT2D eigenvalue weighted by Crippen LogP contribution is -2.39. The highest BCUT2D eigenvalue weighted by atomic mass is 16.6. The second-order valence-corrected chi connectivity index (χ2v) is 5.50. The van der Waals surface area contributed by atoms with Crippen molar-refractivity contribution >= 4 is 17.3 Å². The van der Waals surface area contributed by atoms with Crippen molar-refractivity contribution < 1.29 is 9.72 Å². The van der Waals surface area contributed by atoms with Gasteiger partial charge < -0.3 is 10.6 Å². The van der Waals surface area contributed by atoms with Crippen LogP contribution in [-0.2, 0) is 4.79 Å². The smallest absolute Gasteiger partial charge is 0.292 e. The van der Waals surface area contributed by atoms with E-state index in [-0.39, 0.29) is 23.3 Å². The first kappa shape index (κ1) is 13.1. The Morgan fingerprint density at radius 1 is 1.35 bits per heavy atom. The van der Waals surface area contributed by atoms with Gasteiger partial charge in [-0.3, -0.25) is 14.9 Å². The second-order valence-electron chi connectivity index (χ2n) is 5.50. The number of nitrogens with one attached hydrogen (secondary N) is 2. The van der Waals surface area contributed by atoms with Crippen LogP contribution >= 0.6 is 0 Å². The number of nitro benzene ring substituents is 1. The molecule has 0 bridgehead atoms. The third kappa shape index (κ3) is 2.27. The molecule has 1 aromatic rings. The quantitative estimate of drug-likeness (QED) is 0.652. The first-order chi connectivity index (χ1) is 9.66. The van der Waals surface area contributed by atoms with Crippen molar-refractivity contribution in [2.24, 2.45) is 11.8 Å². The zero-order valence-corrected chi connectivity index (χ0v) is 11.0. The van der Waals surface area contributed by atoms with Crippen LogP contribution in [0.5, 0.6) is 0 Å². The van der Waals surface area contributed by atoms with E-state index in [9.17, 15) is 14.9 Å². The van der Waals surface area contributed by atoms with Crippen LogP contribution in [-0.4, -0.2) is 23.4 Å². The summed E-state index contributed by atoms with van der Waals surface area (Å²) >= 11 is 0. The molecule has 3 atom stereocenters. The number of amides is 1. The molecule has 1 heterocycles. The van der Waals surface area contributed by atoms with Gasteiger partial charge in [-0.2, -0.15) is 0 Å². The van der Waals surface area contributed by atoms with Crippen molar-refractivity contribution in [1.82, 2.24) is 5.32 Å². The van der Waals surface area contributed by atoms with Crippen LogP contribution < -0.4 is 10.6 Å². The lowest BCUT2D eigenvalue weighted by molar-refractivity contribution is -0.383. The van der Waals surface area contributed by atoms with Crippen LogP contribution in [0.4, 0.5) is 11.4 Å². The molecular weight excluding hydrogens is 258 g/mol. The number of fused-ring (bicyclic) bond motifs is 1. The minimum absolute atomic E-state index is 0.0678. The lowest BCUT2D eigenvalue weighted by atomic mass is 9.93. The Bertz CT molecular complexity index is 546. The van der Waals surface area contributed by atoms with Crippen LogP contribution in [0.2, 0.25) is 0 Å². The summed E-state index contributed by atoms with van der Waals surface area (Å²) in [5.74, 6) is 0.794. The Morgan fingerprint density at radius 2 is 2.15 bits per heavy atom. The highest BCUT2D eigenvalue weighted by Gasteiger charge is 2.42. The molecule has 2 aliphatic rings. The van der Waals surface area contributed by atoms with Gasteiger partial charge in [-0.15, -0.1) is 0 Å². The highest BCUT2D eigenvalue weighted by Crippen LogP contribution is 2.38. The Balaban J connectivity index is 1.75. The SMILES string of the molecule is O=C(Nc1ccccc1[N+](=O)[O-])C1NCC2CCCC21. The molecule has 6 nitrogen and oxygen atoms in total. The molecule has 1 saturated carbocycles. The number of anilines is 1. The Hall–Kier alpha value is -1.95. The van der Waals surface area contributed by atoms with Crippen LogP contribution in [0.1, 0.15) is 19.3 Å². The predicted molar refractivity (Wildman–Crippen MR) is 74.3 cm³/mol. The van der Waals surface area contributed by atoms with Crippen molar-refractivity contribution in [1.29, 1.82) is 0 Å². The van der Waals surface area contributed by atoms with Crippen LogP contribution in [0, 0.1) is 22.0 Å². The first-order valence-corrected chi connectivity index (χ1v) is 6.94. The molecule has 1 aliphatic heterocycles. The summed E-state index contributed by atoms with van der Waals surface area (Å²) in [5, 5.41) is 16.9. The molecule has 2 fully saturated rings. The number of nitrogens with zero attached hydrogens (tertiary/aromatic N) is 1. The van der Waals surface area contributed by atoms with E-state index in [0.717, 1.165) is 13.0 Å². The number of benzene rings is 1. The molecule has 0 spiro atoms. The maximum atomic E-state index is 12.3. The predicted octanol–water partition coefficient (Wildman–Crippen LogP) is 1.92. The number of carbonyl (C=O) groups is 1. The Morgan fingerprint density at radius 3 is 2.95 bits per heavy atom. The maximum absolute atomic E-state index is 12.3. The molecular formula is C14H17N3O3. The third-order valence-electron chi connectivity index (χ3n) is 4.39. The summed E-state index contributed by atoms with van der Waals surface area (Å²) in [6, 6.07) is 6.02. The second kappa shape index (κ2) is 5.20. The molecule has 1 aliphatic carbocycles. The van der Waals surface area contributed by atoms with E-state index < -0.39 is 4.92 Å². The van der Waals surface area contributed by atoms with Gasteiger partial charge in [0, 0.05) is 6.07 Å². The monoisotopic (exact) mass is 275 g/mol. The molecule has 1 aromatic carbocycles. The summed E-state index contributed by atoms with van der Waals surface area (Å²) in [4.78, 5) is 22.8. The van der Waals surface area contributed by atoms with Gasteiger partial charge in [0.1, 0.15) is 5.69 Å². The highest BCUT2D eigenvalue weighted by molar-refractivity contribution is 5.97. The van der Waals surface area contributed by atoms with Crippen LogP contribution in [0.3, 0.4) is 0 Å². The fourth-order valence-electron chi connectivity index (χ4n) is 3.42. The third-order valence-corrected chi connectivity index (χ3v) is 4.39. The van der Waals surface area contributed by atoms with Gasteiger partial charge in [-0.05, 0) is 37.3 Å². The topological polar surface area (TPSA) is 84.3 Å². The fraction of sp³-hybridized carbons (Fsp3) is 0.500. The summed E-state index contributed by atoms with van der Waals surface area (Å²) < 4.78 is 0. The molecule has 0 radical (unpaired) electrons. The largest absolute Gasteiger partial charge is 0.319 e. The maximum Gasteiger partial charge on any atom is 0.292 e. The molecule has 106 valence electrons. The van der Waals surface area contributed by atoms with Gasteiger partial charge in [0.2, 0.25) is 5.91 Å². The number of hydrogen-bond donors (Lipinski definition) is 2. The van der Waals surface area contributed by atoms with Crippen molar-refractivity contribution in [2.75, 3.05) is 11.9 Å². The van der Waals surface area contributed by atoms with Crippen molar-refractivity contribution in [3.05, 3.63) is 34.4 Å². The zero-order valence-electron chi connectivity index (χ0n) is 11.0. The summed E-state index contributed by atoms with van der Waals surface area (Å²) in [5.41, 5.74) is 0.201. The fourth-order valence-corrected chi connectivity index (χ4v) is 3.42. The molecule has 1 amide bonds. The number of nitro groups is 1. The first-order valence-electron chi connectivity index (χ1n) is 6.94. The zero-order chi connectivity index (χ0) is 14.1. The van der Waals surface area contributed by atoms with Gasteiger partial charge >= 0.3 is 0 Å². The minimum Gasteiger partial charge on any atom is -0.319 e. The summed E-state index contributed by atoms with van der Waals surface area (Å²) in [6.45, 7) is 0.875. The van der Waals surface area contributed by atoms with Gasteiger partial charge in [-0.1, -0.05) is 18.6 Å². The molecule has 3 unspecified atom stereocenters. The molecule has 6 heteroatoms. The lowest BCUT2D eigenvalue weighted by Gasteiger charge is -2.17.